The first-order valence-electron chi connectivity index (χ1n) is 8.19. The fourth-order valence-corrected chi connectivity index (χ4v) is 4.81. The lowest BCUT2D eigenvalue weighted by Gasteiger charge is -2.34. The molecule has 3 heterocycles. The van der Waals surface area contributed by atoms with Crippen LogP contribution in [0.3, 0.4) is 0 Å². The van der Waals surface area contributed by atoms with Crippen LogP contribution in [0.25, 0.3) is 0 Å². The zero-order valence-electron chi connectivity index (χ0n) is 14.0. The molecule has 0 aliphatic carbocycles. The van der Waals surface area contributed by atoms with E-state index < -0.39 is 0 Å². The zero-order chi connectivity index (χ0) is 16.2. The van der Waals surface area contributed by atoms with E-state index in [4.69, 9.17) is 16.3 Å². The highest BCUT2D eigenvalue weighted by atomic mass is 35.5. The molecule has 142 valence electrons. The summed E-state index contributed by atoms with van der Waals surface area (Å²) < 4.78 is 20.7. The van der Waals surface area contributed by atoms with Crippen LogP contribution in [0.5, 0.6) is 0 Å². The van der Waals surface area contributed by atoms with Crippen LogP contribution in [0.4, 0.5) is 4.39 Å². The molecule has 1 aromatic rings. The molecule has 0 amide bonds. The second-order valence-corrected chi connectivity index (χ2v) is 7.54. The average Bonchev–Trinajstić information content (AvgIpc) is 2.95. The molecule has 0 saturated carbocycles. The minimum Gasteiger partial charge on any atom is -0.396 e. The largest absolute Gasteiger partial charge is 0.396 e. The first-order chi connectivity index (χ1) is 11.0. The number of aliphatic hydroxyl groups is 1. The maximum absolute atomic E-state index is 14.4. The number of fused-ring (bicyclic) bond motifs is 1. The summed E-state index contributed by atoms with van der Waals surface area (Å²) in [6, 6.07) is 3.47. The molecule has 1 aromatic carbocycles. The molecule has 1 spiro atoms. The lowest BCUT2D eigenvalue weighted by Crippen LogP contribution is -2.52. The number of benzene rings is 1. The smallest absolute Gasteiger partial charge is 0.132 e. The molecule has 4 atom stereocenters. The molecular weight excluding hydrogens is 390 g/mol. The molecule has 2 N–H and O–H groups in total. The minimum atomic E-state index is -0.247. The Kier molecular flexibility index (Phi) is 6.64. The van der Waals surface area contributed by atoms with E-state index in [1.807, 2.05) is 0 Å². The second-order valence-electron chi connectivity index (χ2n) is 7.13. The van der Waals surface area contributed by atoms with Gasteiger partial charge in [0.1, 0.15) is 5.82 Å². The van der Waals surface area contributed by atoms with Crippen molar-refractivity contribution in [2.75, 3.05) is 32.8 Å². The maximum Gasteiger partial charge on any atom is 0.132 e. The molecule has 3 aliphatic heterocycles. The Morgan fingerprint density at radius 3 is 2.92 bits per heavy atom. The topological polar surface area (TPSA) is 44.7 Å². The van der Waals surface area contributed by atoms with Crippen molar-refractivity contribution in [2.24, 2.45) is 11.8 Å². The summed E-state index contributed by atoms with van der Waals surface area (Å²) in [5.41, 5.74) is 0.929. The van der Waals surface area contributed by atoms with E-state index in [0.717, 1.165) is 26.2 Å². The van der Waals surface area contributed by atoms with Gasteiger partial charge < -0.3 is 15.2 Å². The van der Waals surface area contributed by atoms with Crippen molar-refractivity contribution in [3.8, 4) is 0 Å². The predicted octanol–water partition coefficient (Wildman–Crippen LogP) is 2.41. The second kappa shape index (κ2) is 7.85. The summed E-state index contributed by atoms with van der Waals surface area (Å²) in [6.45, 7) is 5.55. The Bertz CT molecular complexity index is 636. The van der Waals surface area contributed by atoms with Gasteiger partial charge in [0.2, 0.25) is 0 Å². The van der Waals surface area contributed by atoms with Gasteiger partial charge in [-0.25, -0.2) is 4.39 Å². The number of nitrogens with one attached hydrogen (secondary N) is 1. The summed E-state index contributed by atoms with van der Waals surface area (Å²) in [7, 11) is 0. The first-order valence-corrected chi connectivity index (χ1v) is 8.57. The molecular formula is C17H24Cl3FN2O2. The van der Waals surface area contributed by atoms with Crippen LogP contribution >= 0.6 is 36.4 Å². The number of hydrogen-bond acceptors (Lipinski definition) is 4. The SMILES string of the molecule is Cc1ccc(Cl)c(CN2C[C@@H]3[C@H](CO)[C@H]4CNC[C@]3(C2)O4)c1F.Cl.Cl. The van der Waals surface area contributed by atoms with Crippen LogP contribution in [0.2, 0.25) is 5.02 Å². The van der Waals surface area contributed by atoms with Gasteiger partial charge in [-0.15, -0.1) is 24.8 Å². The van der Waals surface area contributed by atoms with Crippen molar-refractivity contribution in [1.29, 1.82) is 0 Å². The average molecular weight is 414 g/mol. The quantitative estimate of drug-likeness (QED) is 0.799. The van der Waals surface area contributed by atoms with Crippen LogP contribution in [0, 0.1) is 24.6 Å². The third kappa shape index (κ3) is 3.41. The molecule has 4 nitrogen and oxygen atoms in total. The fourth-order valence-electron chi connectivity index (χ4n) is 4.60. The Labute approximate surface area is 164 Å². The molecule has 0 aromatic heterocycles. The van der Waals surface area contributed by atoms with Crippen molar-refractivity contribution in [3.05, 3.63) is 34.1 Å². The standard InChI is InChI=1S/C17H22ClFN2O2.2ClH/c1-10-2-3-14(18)11(16(10)19)5-21-6-13-12(7-22)15-4-20-8-17(13,9-21)23-15;;/h2-3,12-13,15,20,22H,4-9H2,1H3;2*1H/t12-,13+,15+,17+;;/m0../s1. The van der Waals surface area contributed by atoms with Gasteiger partial charge >= 0.3 is 0 Å². The molecule has 2 bridgehead atoms. The van der Waals surface area contributed by atoms with Gasteiger partial charge in [-0.3, -0.25) is 4.90 Å². The number of nitrogens with zero attached hydrogens (tertiary/aromatic N) is 1. The van der Waals surface area contributed by atoms with E-state index in [1.54, 1.807) is 19.1 Å². The third-order valence-corrected chi connectivity index (χ3v) is 6.10. The summed E-state index contributed by atoms with van der Waals surface area (Å²) >= 11 is 6.21. The number of hydrogen-bond donors (Lipinski definition) is 2. The highest BCUT2D eigenvalue weighted by Gasteiger charge is 2.60. The van der Waals surface area contributed by atoms with Crippen molar-refractivity contribution in [2.45, 2.75) is 25.2 Å². The molecule has 4 rings (SSSR count). The van der Waals surface area contributed by atoms with Crippen LogP contribution in [-0.2, 0) is 11.3 Å². The van der Waals surface area contributed by atoms with E-state index >= 15 is 0 Å². The molecule has 3 saturated heterocycles. The van der Waals surface area contributed by atoms with E-state index in [9.17, 15) is 9.50 Å². The molecule has 8 heteroatoms. The molecule has 25 heavy (non-hydrogen) atoms. The number of aryl methyl sites for hydroxylation is 1. The van der Waals surface area contributed by atoms with Crippen molar-refractivity contribution in [1.82, 2.24) is 10.2 Å². The normalized spacial score (nSPS) is 33.5. The van der Waals surface area contributed by atoms with Gasteiger partial charge in [0.15, 0.2) is 0 Å². The Morgan fingerprint density at radius 2 is 2.20 bits per heavy atom. The van der Waals surface area contributed by atoms with Gasteiger partial charge in [0, 0.05) is 61.8 Å². The number of ether oxygens (including phenoxy) is 1. The number of likely N-dealkylation sites (tertiary alicyclic amines) is 1. The first kappa shape index (κ1) is 21.2. The van der Waals surface area contributed by atoms with Crippen molar-refractivity contribution >= 4 is 36.4 Å². The Balaban J connectivity index is 0.00000113. The van der Waals surface area contributed by atoms with Crippen LogP contribution in [0.1, 0.15) is 11.1 Å². The van der Waals surface area contributed by atoms with Crippen LogP contribution in [-0.4, -0.2) is 54.5 Å². The van der Waals surface area contributed by atoms with Crippen LogP contribution in [0.15, 0.2) is 12.1 Å². The van der Waals surface area contributed by atoms with E-state index in [2.05, 4.69) is 10.2 Å². The zero-order valence-corrected chi connectivity index (χ0v) is 16.4. The van der Waals surface area contributed by atoms with Crippen molar-refractivity contribution in [3.63, 3.8) is 0 Å². The lowest BCUT2D eigenvalue weighted by molar-refractivity contribution is -0.0747. The summed E-state index contributed by atoms with van der Waals surface area (Å²) in [6.07, 6.45) is 0.0974. The van der Waals surface area contributed by atoms with Crippen molar-refractivity contribution < 1.29 is 14.2 Å². The minimum absolute atomic E-state index is 0. The Hall–Kier alpha value is -0.140. The summed E-state index contributed by atoms with van der Waals surface area (Å²) in [4.78, 5) is 2.21. The molecule has 0 radical (unpaired) electrons. The highest BCUT2D eigenvalue weighted by molar-refractivity contribution is 6.31. The lowest BCUT2D eigenvalue weighted by atomic mass is 9.83. The van der Waals surface area contributed by atoms with Gasteiger partial charge in [-0.2, -0.15) is 0 Å². The summed E-state index contributed by atoms with van der Waals surface area (Å²) in [5, 5.41) is 13.7. The molecule has 0 unspecified atom stereocenters. The monoisotopic (exact) mass is 412 g/mol. The number of halogens is 4. The number of rotatable bonds is 3. The molecule has 3 fully saturated rings. The van der Waals surface area contributed by atoms with E-state index in [1.165, 1.54) is 0 Å². The molecule has 3 aliphatic rings. The predicted molar refractivity (Wildman–Crippen MR) is 100 cm³/mol. The van der Waals surface area contributed by atoms with Gasteiger partial charge in [0.05, 0.1) is 11.7 Å². The van der Waals surface area contributed by atoms with E-state index in [-0.39, 0.29) is 54.9 Å². The highest BCUT2D eigenvalue weighted by Crippen LogP contribution is 2.47. The Morgan fingerprint density at radius 1 is 1.44 bits per heavy atom. The third-order valence-electron chi connectivity index (χ3n) is 5.74. The van der Waals surface area contributed by atoms with E-state index in [0.29, 0.717) is 28.6 Å². The summed E-state index contributed by atoms with van der Waals surface area (Å²) in [5.74, 6) is 0.235. The number of aliphatic hydroxyl groups excluding tert-OH is 1. The van der Waals surface area contributed by atoms with Gasteiger partial charge in [0.25, 0.3) is 0 Å². The van der Waals surface area contributed by atoms with Gasteiger partial charge in [-0.1, -0.05) is 17.7 Å². The van der Waals surface area contributed by atoms with Crippen LogP contribution < -0.4 is 5.32 Å². The number of morpholine rings is 1. The van der Waals surface area contributed by atoms with Gasteiger partial charge in [-0.05, 0) is 18.6 Å². The fraction of sp³-hybridized carbons (Fsp3) is 0.647. The maximum atomic E-state index is 14.4.